The van der Waals surface area contributed by atoms with Gasteiger partial charge >= 0.3 is 0 Å². The summed E-state index contributed by atoms with van der Waals surface area (Å²) in [6.45, 7) is 35.0. The molecule has 0 N–H and O–H groups in total. The molecule has 0 saturated heterocycles. The summed E-state index contributed by atoms with van der Waals surface area (Å²) in [4.78, 5) is 5.36. The number of furan rings is 1. The Morgan fingerprint density at radius 1 is 0.351 bits per heavy atom. The minimum Gasteiger partial charge on any atom is -0.456 e. The molecule has 11 aromatic rings. The molecule has 2 aromatic heterocycles. The molecule has 0 spiro atoms. The van der Waals surface area contributed by atoms with Gasteiger partial charge in [0, 0.05) is 44.3 Å². The van der Waals surface area contributed by atoms with E-state index in [9.17, 15) is 0 Å². The Morgan fingerprint density at radius 2 is 0.883 bits per heavy atom. The predicted octanol–water partition coefficient (Wildman–Crippen LogP) is 18.2. The molecule has 0 saturated carbocycles. The Hall–Kier alpha value is -7.76. The Morgan fingerprint density at radius 3 is 1.51 bits per heavy atom. The SMILES string of the molecule is Cc1cc(C(C)(C)C)cc(C)c1N1c2cc(C(C)(C)C)ccc2B2c3cc4c5ccccc5n(-c5c(C)cccc5C)c4cc3N(c3c(C)cc(-c4ccc5c(c4)oc4ccccc45)cc3C)c3cc(C(C)(C)C)cc1c32. The summed E-state index contributed by atoms with van der Waals surface area (Å²) in [7, 11) is 0. The molecule has 13 rings (SSSR count). The summed E-state index contributed by atoms with van der Waals surface area (Å²) in [6.07, 6.45) is 0. The highest BCUT2D eigenvalue weighted by Gasteiger charge is 2.46. The van der Waals surface area contributed by atoms with Gasteiger partial charge in [-0.3, -0.25) is 0 Å². The van der Waals surface area contributed by atoms with Gasteiger partial charge in [-0.05, 0) is 196 Å². The summed E-state index contributed by atoms with van der Waals surface area (Å²) in [6, 6.07) is 58.2. The molecule has 0 bridgehead atoms. The molecule has 0 radical (unpaired) electrons. The zero-order valence-corrected chi connectivity index (χ0v) is 47.8. The van der Waals surface area contributed by atoms with Crippen LogP contribution in [0.3, 0.4) is 0 Å². The second-order valence-corrected chi connectivity index (χ2v) is 25.8. The fraction of sp³-hybridized carbons (Fsp3) is 0.250. The fourth-order valence-electron chi connectivity index (χ4n) is 13.4. The van der Waals surface area contributed by atoms with E-state index < -0.39 is 0 Å². The molecule has 0 amide bonds. The average Bonchev–Trinajstić information content (AvgIpc) is 3.99. The normalized spacial score (nSPS) is 13.6. The highest BCUT2D eigenvalue weighted by Crippen LogP contribution is 2.51. The molecule has 0 aliphatic carbocycles. The minimum atomic E-state index is -0.172. The van der Waals surface area contributed by atoms with Gasteiger partial charge in [-0.1, -0.05) is 153 Å². The van der Waals surface area contributed by atoms with Crippen molar-refractivity contribution in [3.8, 4) is 16.8 Å². The van der Waals surface area contributed by atoms with E-state index in [1.807, 2.05) is 6.07 Å². The van der Waals surface area contributed by atoms with Crippen molar-refractivity contribution in [1.82, 2.24) is 4.57 Å². The van der Waals surface area contributed by atoms with Crippen LogP contribution in [0.25, 0.3) is 60.6 Å². The van der Waals surface area contributed by atoms with Crippen LogP contribution >= 0.6 is 0 Å². The third-order valence-corrected chi connectivity index (χ3v) is 17.3. The predicted molar refractivity (Wildman–Crippen MR) is 332 cm³/mol. The van der Waals surface area contributed by atoms with E-state index >= 15 is 0 Å². The molecule has 2 aliphatic rings. The van der Waals surface area contributed by atoms with Gasteiger partial charge in [0.25, 0.3) is 6.71 Å². The molecule has 2 aliphatic heterocycles. The number of anilines is 6. The Balaban J connectivity index is 1.16. The monoisotopic (exact) mass is 1000 g/mol. The van der Waals surface area contributed by atoms with E-state index in [-0.39, 0.29) is 23.0 Å². The van der Waals surface area contributed by atoms with E-state index in [0.29, 0.717) is 0 Å². The number of hydrogen-bond acceptors (Lipinski definition) is 3. The van der Waals surface area contributed by atoms with Crippen LogP contribution in [0.4, 0.5) is 34.1 Å². The molecule has 77 heavy (non-hydrogen) atoms. The second-order valence-electron chi connectivity index (χ2n) is 25.8. The first-order valence-electron chi connectivity index (χ1n) is 27.8. The quantitative estimate of drug-likeness (QED) is 0.164. The summed E-state index contributed by atoms with van der Waals surface area (Å²) in [5.41, 5.74) is 30.5. The number of fused-ring (bicyclic) bond motifs is 10. The van der Waals surface area contributed by atoms with Gasteiger partial charge in [0.05, 0.1) is 28.1 Å². The average molecular weight is 1000 g/mol. The van der Waals surface area contributed by atoms with Gasteiger partial charge < -0.3 is 18.8 Å². The number of para-hydroxylation sites is 3. The Bertz CT molecular complexity index is 4250. The maximum atomic E-state index is 6.47. The number of aromatic nitrogens is 1. The van der Waals surface area contributed by atoms with Crippen molar-refractivity contribution in [3.63, 3.8) is 0 Å². The lowest BCUT2D eigenvalue weighted by atomic mass is 9.33. The van der Waals surface area contributed by atoms with Crippen LogP contribution in [-0.4, -0.2) is 11.3 Å². The van der Waals surface area contributed by atoms with E-state index in [0.717, 1.165) is 27.5 Å². The lowest BCUT2D eigenvalue weighted by Gasteiger charge is -2.46. The van der Waals surface area contributed by atoms with Crippen molar-refractivity contribution in [2.75, 3.05) is 9.80 Å². The third-order valence-electron chi connectivity index (χ3n) is 17.3. The Kier molecular flexibility index (Phi) is 10.7. The maximum Gasteiger partial charge on any atom is 0.252 e. The zero-order valence-electron chi connectivity index (χ0n) is 47.8. The number of rotatable bonds is 4. The highest BCUT2D eigenvalue weighted by atomic mass is 16.3. The lowest BCUT2D eigenvalue weighted by molar-refractivity contribution is 0.588. The first-order chi connectivity index (χ1) is 36.6. The van der Waals surface area contributed by atoms with Crippen LogP contribution in [0.2, 0.25) is 0 Å². The Labute approximate surface area is 456 Å². The van der Waals surface area contributed by atoms with Crippen LogP contribution in [0, 0.1) is 41.5 Å². The summed E-state index contributed by atoms with van der Waals surface area (Å²) >= 11 is 0. The van der Waals surface area contributed by atoms with Crippen molar-refractivity contribution in [3.05, 3.63) is 202 Å². The van der Waals surface area contributed by atoms with Gasteiger partial charge in [0.1, 0.15) is 11.2 Å². The van der Waals surface area contributed by atoms with Crippen molar-refractivity contribution in [1.29, 1.82) is 0 Å². The molecular formula is C72H70BN3O. The third kappa shape index (κ3) is 7.47. The standard InChI is InChI=1S/C72H70BN3O/c1-41-21-20-22-42(2)67(41)74-58-25-18-16-23-52(58)55-39-57-61(40-59(55)74)76(68-43(3)31-48(32-44(68)4)47-27-29-54-53-24-17-19-26-64(53)77-65(54)35-47)63-38-51(72(13,14)15)37-62-66(63)73(57)56-30-28-49(70(7,8)9)36-60(56)75(62)69-45(5)33-50(34-46(69)6)71(10,11)12/h16-40H,1-15H3. The number of nitrogens with zero attached hydrogens (tertiary/aromatic N) is 3. The van der Waals surface area contributed by atoms with Crippen LogP contribution in [0.1, 0.15) is 112 Å². The molecule has 0 unspecified atom stereocenters. The molecule has 4 heterocycles. The minimum absolute atomic E-state index is 0.00564. The maximum absolute atomic E-state index is 6.47. The van der Waals surface area contributed by atoms with E-state index in [1.54, 1.807) is 0 Å². The second kappa shape index (κ2) is 16.9. The van der Waals surface area contributed by atoms with Crippen molar-refractivity contribution >= 4 is 101 Å². The van der Waals surface area contributed by atoms with Crippen LogP contribution < -0.4 is 26.2 Å². The molecule has 4 nitrogen and oxygen atoms in total. The van der Waals surface area contributed by atoms with Crippen molar-refractivity contribution in [2.45, 2.75) is 120 Å². The molecule has 9 aromatic carbocycles. The fourth-order valence-corrected chi connectivity index (χ4v) is 13.4. The summed E-state index contributed by atoms with van der Waals surface area (Å²) in [5, 5.41) is 4.82. The van der Waals surface area contributed by atoms with Gasteiger partial charge in [0.2, 0.25) is 0 Å². The van der Waals surface area contributed by atoms with Crippen LogP contribution in [-0.2, 0) is 16.2 Å². The van der Waals surface area contributed by atoms with Crippen LogP contribution in [0.15, 0.2) is 156 Å². The van der Waals surface area contributed by atoms with Gasteiger partial charge in [0.15, 0.2) is 0 Å². The van der Waals surface area contributed by atoms with E-state index in [1.165, 1.54) is 134 Å². The first kappa shape index (κ1) is 48.9. The first-order valence-corrected chi connectivity index (χ1v) is 27.8. The number of aryl methyl sites for hydroxylation is 6. The summed E-state index contributed by atoms with van der Waals surface area (Å²) < 4.78 is 9.02. The van der Waals surface area contributed by atoms with Crippen molar-refractivity contribution < 1.29 is 4.42 Å². The molecule has 382 valence electrons. The topological polar surface area (TPSA) is 24.6 Å². The lowest BCUT2D eigenvalue weighted by Crippen LogP contribution is -2.61. The van der Waals surface area contributed by atoms with Crippen LogP contribution in [0.5, 0.6) is 0 Å². The smallest absolute Gasteiger partial charge is 0.252 e. The van der Waals surface area contributed by atoms with Gasteiger partial charge in [-0.15, -0.1) is 0 Å². The number of benzene rings is 9. The van der Waals surface area contributed by atoms with E-state index in [4.69, 9.17) is 4.42 Å². The molecule has 0 atom stereocenters. The number of hydrogen-bond donors (Lipinski definition) is 0. The van der Waals surface area contributed by atoms with Gasteiger partial charge in [-0.25, -0.2) is 0 Å². The van der Waals surface area contributed by atoms with Gasteiger partial charge in [-0.2, -0.15) is 0 Å². The zero-order chi connectivity index (χ0) is 53.9. The van der Waals surface area contributed by atoms with Crippen molar-refractivity contribution in [2.24, 2.45) is 0 Å². The highest BCUT2D eigenvalue weighted by molar-refractivity contribution is 7.00. The molecule has 0 fully saturated rings. The van der Waals surface area contributed by atoms with E-state index in [2.05, 4.69) is 264 Å². The molecule has 5 heteroatoms. The summed E-state index contributed by atoms with van der Waals surface area (Å²) in [5.74, 6) is 0. The largest absolute Gasteiger partial charge is 0.456 e. The molecular weight excluding hydrogens is 934 g/mol.